The molecule has 0 aromatic heterocycles. The van der Waals surface area contributed by atoms with E-state index in [1.54, 1.807) is 0 Å². The van der Waals surface area contributed by atoms with E-state index in [0.29, 0.717) is 0 Å². The second kappa shape index (κ2) is 157. The molecule has 0 aromatic carbocycles. The molecule has 0 aromatic rings. The van der Waals surface area contributed by atoms with Crippen LogP contribution in [-0.4, -0.2) is 74.3 Å². The van der Waals surface area contributed by atoms with Gasteiger partial charge in [0.25, 0.3) is 0 Å². The quantitative estimate of drug-likeness (QED) is 0.347. The largest absolute Gasteiger partial charge is 2.00 e. The molecule has 0 aliphatic heterocycles. The molecular formula is H8B2CaO8. The van der Waals surface area contributed by atoms with E-state index in [2.05, 4.69) is 0 Å². The summed E-state index contributed by atoms with van der Waals surface area (Å²) in [5.41, 5.74) is 0. The van der Waals surface area contributed by atoms with E-state index < -0.39 is 14.7 Å². The average molecular weight is 198 g/mol. The molecular weight excluding hydrogens is 190 g/mol. The van der Waals surface area contributed by atoms with Gasteiger partial charge in [0.15, 0.2) is 0 Å². The van der Waals surface area contributed by atoms with Crippen LogP contribution in [0.4, 0.5) is 0 Å². The molecule has 11 heteroatoms. The van der Waals surface area contributed by atoms with Gasteiger partial charge in [-0.05, 0) is 0 Å². The molecule has 0 saturated carbocycles. The molecule has 0 rings (SSSR count). The Morgan fingerprint density at radius 3 is 0.727 bits per heavy atom. The standard InChI is InChI=1S/2BO2.Ca.4H2O/c2*2-1-3;;;;;/h;;;4*1H2/q2*-1;+2;;;;. The monoisotopic (exact) mass is 198 g/mol. The van der Waals surface area contributed by atoms with Gasteiger partial charge in [-0.1, -0.05) is 0 Å². The summed E-state index contributed by atoms with van der Waals surface area (Å²) in [5.74, 6) is 0. The van der Waals surface area contributed by atoms with Crippen LogP contribution >= 0.6 is 0 Å². The van der Waals surface area contributed by atoms with Crippen molar-refractivity contribution in [1.29, 1.82) is 0 Å². The maximum atomic E-state index is 8.25. The molecule has 0 amide bonds. The summed E-state index contributed by atoms with van der Waals surface area (Å²) in [6, 6.07) is 0. The normalized spacial score (nSPS) is 1.45. The Morgan fingerprint density at radius 2 is 0.727 bits per heavy atom. The Hall–Kier alpha value is 0.430. The molecule has 8 N–H and O–H groups in total. The smallest absolute Gasteiger partial charge is 2.00 e. The van der Waals surface area contributed by atoms with Crippen LogP contribution < -0.4 is 10.0 Å². The van der Waals surface area contributed by atoms with Gasteiger partial charge in [-0.3, -0.25) is 0 Å². The summed E-state index contributed by atoms with van der Waals surface area (Å²) in [5, 5.41) is 16.5. The molecule has 64 valence electrons. The van der Waals surface area contributed by atoms with Crippen molar-refractivity contribution >= 4 is 52.4 Å². The average Bonchev–Trinajstić information content (AvgIpc) is 1.39. The van der Waals surface area contributed by atoms with Crippen LogP contribution in [0.15, 0.2) is 0 Å². The summed E-state index contributed by atoms with van der Waals surface area (Å²) >= 11 is 0. The molecule has 0 spiro atoms. The second-order valence-electron chi connectivity index (χ2n) is 0.192. The summed E-state index contributed by atoms with van der Waals surface area (Å²) in [6.45, 7) is 0. The van der Waals surface area contributed by atoms with E-state index in [1.807, 2.05) is 0 Å². The van der Waals surface area contributed by atoms with Gasteiger partial charge in [-0.25, -0.2) is 0 Å². The first kappa shape index (κ1) is 63.4. The SMILES string of the molecule is O.O.O.O.O=B[O-].O=B[O-].[Ca+2]. The zero-order valence-electron chi connectivity index (χ0n) is 5.49. The summed E-state index contributed by atoms with van der Waals surface area (Å²) in [4.78, 5) is 0. The minimum absolute atomic E-state index is 0. The number of rotatable bonds is 0. The van der Waals surface area contributed by atoms with Gasteiger partial charge in [0, 0.05) is 0 Å². The molecule has 0 bridgehead atoms. The van der Waals surface area contributed by atoms with Crippen LogP contribution in [0.25, 0.3) is 0 Å². The summed E-state index contributed by atoms with van der Waals surface area (Å²) < 4.78 is 16.5. The van der Waals surface area contributed by atoms with E-state index in [9.17, 15) is 0 Å². The van der Waals surface area contributed by atoms with E-state index in [-0.39, 0.29) is 59.6 Å². The fourth-order valence-corrected chi connectivity index (χ4v) is 0. The summed E-state index contributed by atoms with van der Waals surface area (Å²) in [6.07, 6.45) is 0. The summed E-state index contributed by atoms with van der Waals surface area (Å²) in [7, 11) is -1.00. The topological polar surface area (TPSA) is 206 Å². The predicted octanol–water partition coefficient (Wildman–Crippen LogP) is -7.06. The molecule has 0 saturated heterocycles. The predicted molar refractivity (Wildman–Crippen MR) is 33.1 cm³/mol. The molecule has 0 radical (unpaired) electrons. The number of hydrogen-bond donors (Lipinski definition) is 0. The van der Waals surface area contributed by atoms with Crippen LogP contribution in [-0.2, 0) is 9.41 Å². The Labute approximate surface area is 93.4 Å². The zero-order valence-corrected chi connectivity index (χ0v) is 7.70. The molecule has 0 fully saturated rings. The Kier molecular flexibility index (Phi) is 905. The van der Waals surface area contributed by atoms with Crippen molar-refractivity contribution in [1.82, 2.24) is 0 Å². The minimum Gasteiger partial charge on any atom is 2.00 e. The van der Waals surface area contributed by atoms with Gasteiger partial charge in [-0.2, -0.15) is 0 Å². The molecule has 0 aliphatic carbocycles. The van der Waals surface area contributed by atoms with Crippen molar-refractivity contribution in [2.45, 2.75) is 0 Å². The molecule has 11 heavy (non-hydrogen) atoms. The van der Waals surface area contributed by atoms with Gasteiger partial charge in [-0.15, -0.1) is 0 Å². The van der Waals surface area contributed by atoms with Crippen LogP contribution in [0.5, 0.6) is 0 Å². The van der Waals surface area contributed by atoms with E-state index in [4.69, 9.17) is 19.5 Å². The van der Waals surface area contributed by atoms with Gasteiger partial charge >= 0.3 is 71.9 Å². The van der Waals surface area contributed by atoms with Crippen molar-refractivity contribution in [2.75, 3.05) is 0 Å². The Balaban J connectivity index is -0.00000000400. The third kappa shape index (κ3) is 4020. The molecule has 0 unspecified atom stereocenters. The van der Waals surface area contributed by atoms with Gasteiger partial charge in [0.05, 0.1) is 0 Å². The third-order valence-corrected chi connectivity index (χ3v) is 0. The van der Waals surface area contributed by atoms with Crippen molar-refractivity contribution in [2.24, 2.45) is 0 Å². The first-order valence-corrected chi connectivity index (χ1v) is 0.943. The van der Waals surface area contributed by atoms with Gasteiger partial charge in [0.2, 0.25) is 0 Å². The van der Waals surface area contributed by atoms with E-state index in [0.717, 1.165) is 0 Å². The first-order chi connectivity index (χ1) is 2.83. The number of hydrogen-bond acceptors (Lipinski definition) is 4. The maximum Gasteiger partial charge on any atom is 2.00 e. The molecule has 0 aliphatic rings. The van der Waals surface area contributed by atoms with Gasteiger partial charge < -0.3 is 21.9 Å². The molecule has 0 atom stereocenters. The first-order valence-electron chi connectivity index (χ1n) is 0.943. The van der Waals surface area contributed by atoms with E-state index in [1.165, 1.54) is 0 Å². The van der Waals surface area contributed by atoms with Crippen LogP contribution in [0.3, 0.4) is 0 Å². The maximum absolute atomic E-state index is 8.25. The Morgan fingerprint density at radius 1 is 0.727 bits per heavy atom. The fourth-order valence-electron chi connectivity index (χ4n) is 0. The second-order valence-corrected chi connectivity index (χ2v) is 0.192. The van der Waals surface area contributed by atoms with Gasteiger partial charge in [0.1, 0.15) is 0 Å². The third-order valence-electron chi connectivity index (χ3n) is 0. The minimum atomic E-state index is -0.500. The Bertz CT molecular complexity index is 33.1. The van der Waals surface area contributed by atoms with Crippen molar-refractivity contribution < 1.29 is 41.4 Å². The van der Waals surface area contributed by atoms with Crippen molar-refractivity contribution in [3.05, 3.63) is 0 Å². The van der Waals surface area contributed by atoms with Crippen molar-refractivity contribution in [3.63, 3.8) is 0 Å². The van der Waals surface area contributed by atoms with Crippen LogP contribution in [0.1, 0.15) is 0 Å². The molecule has 0 heterocycles. The van der Waals surface area contributed by atoms with Crippen LogP contribution in [0, 0.1) is 0 Å². The zero-order chi connectivity index (χ0) is 5.41. The van der Waals surface area contributed by atoms with Crippen molar-refractivity contribution in [3.8, 4) is 0 Å². The van der Waals surface area contributed by atoms with Crippen LogP contribution in [0.2, 0.25) is 0 Å². The molecule has 8 nitrogen and oxygen atoms in total. The van der Waals surface area contributed by atoms with E-state index >= 15 is 0 Å². The fraction of sp³-hybridized carbons (Fsp3) is 0.